The van der Waals surface area contributed by atoms with Gasteiger partial charge in [0.25, 0.3) is 5.69 Å². The van der Waals surface area contributed by atoms with Gasteiger partial charge in [-0.2, -0.15) is 5.26 Å². The molecular formula is C11H11N3O4. The molecule has 1 aromatic carbocycles. The van der Waals surface area contributed by atoms with Crippen LogP contribution in [0.1, 0.15) is 17.3 Å². The molecule has 1 aromatic rings. The maximum atomic E-state index is 11.6. The van der Waals surface area contributed by atoms with Crippen LogP contribution in [0, 0.1) is 21.4 Å². The molecule has 0 heterocycles. The van der Waals surface area contributed by atoms with Crippen LogP contribution in [-0.2, 0) is 4.74 Å². The van der Waals surface area contributed by atoms with Crippen molar-refractivity contribution in [3.8, 4) is 6.07 Å². The van der Waals surface area contributed by atoms with Crippen molar-refractivity contribution < 1.29 is 14.5 Å². The summed E-state index contributed by atoms with van der Waals surface area (Å²) in [5, 5.41) is 22.0. The Morgan fingerprint density at radius 2 is 2.28 bits per heavy atom. The van der Waals surface area contributed by atoms with Gasteiger partial charge in [0.2, 0.25) is 0 Å². The zero-order chi connectivity index (χ0) is 13.7. The van der Waals surface area contributed by atoms with E-state index in [0.29, 0.717) is 5.69 Å². The molecule has 94 valence electrons. The minimum absolute atomic E-state index is 0.0304. The first-order valence-electron chi connectivity index (χ1n) is 5.06. The summed E-state index contributed by atoms with van der Waals surface area (Å²) >= 11 is 0. The highest BCUT2D eigenvalue weighted by Crippen LogP contribution is 2.25. The van der Waals surface area contributed by atoms with Gasteiger partial charge in [-0.05, 0) is 19.1 Å². The van der Waals surface area contributed by atoms with Crippen molar-refractivity contribution in [2.45, 2.75) is 13.0 Å². The lowest BCUT2D eigenvalue weighted by Crippen LogP contribution is -2.13. The third kappa shape index (κ3) is 2.95. The standard InChI is InChI=1S/C11H11N3O4/c1-7(6-12)18-11(15)8-3-4-9(13-2)10(5-8)14(16)17/h3-5,7,13H,1-2H3/t7-/m0/s1. The summed E-state index contributed by atoms with van der Waals surface area (Å²) in [7, 11) is 1.54. The van der Waals surface area contributed by atoms with Gasteiger partial charge in [0.15, 0.2) is 6.10 Å². The molecule has 7 heteroatoms. The predicted molar refractivity (Wildman–Crippen MR) is 63.1 cm³/mol. The van der Waals surface area contributed by atoms with Crippen LogP contribution >= 0.6 is 0 Å². The molecular weight excluding hydrogens is 238 g/mol. The third-order valence-corrected chi connectivity index (χ3v) is 2.17. The Morgan fingerprint density at radius 3 is 2.78 bits per heavy atom. The highest BCUT2D eigenvalue weighted by molar-refractivity contribution is 5.91. The second-order valence-electron chi connectivity index (χ2n) is 3.42. The first-order valence-corrected chi connectivity index (χ1v) is 5.06. The largest absolute Gasteiger partial charge is 0.444 e. The van der Waals surface area contributed by atoms with Crippen LogP contribution in [0.4, 0.5) is 11.4 Å². The van der Waals surface area contributed by atoms with Crippen LogP contribution in [0.25, 0.3) is 0 Å². The Bertz CT molecular complexity index is 522. The molecule has 1 rings (SSSR count). The van der Waals surface area contributed by atoms with Crippen molar-refractivity contribution in [1.82, 2.24) is 0 Å². The number of nitriles is 1. The molecule has 0 amide bonds. The molecule has 0 radical (unpaired) electrons. The highest BCUT2D eigenvalue weighted by atomic mass is 16.6. The number of nitrogens with one attached hydrogen (secondary N) is 1. The maximum Gasteiger partial charge on any atom is 0.339 e. The van der Waals surface area contributed by atoms with Gasteiger partial charge >= 0.3 is 5.97 Å². The average Bonchev–Trinajstić information content (AvgIpc) is 2.37. The van der Waals surface area contributed by atoms with E-state index in [1.165, 1.54) is 26.1 Å². The average molecular weight is 249 g/mol. The predicted octanol–water partition coefficient (Wildman–Crippen LogP) is 1.71. The van der Waals surface area contributed by atoms with Crippen molar-refractivity contribution in [3.05, 3.63) is 33.9 Å². The molecule has 0 aliphatic carbocycles. The first-order chi connectivity index (χ1) is 8.49. The van der Waals surface area contributed by atoms with E-state index < -0.39 is 17.0 Å². The van der Waals surface area contributed by atoms with Crippen LogP contribution in [-0.4, -0.2) is 24.0 Å². The molecule has 0 fully saturated rings. The third-order valence-electron chi connectivity index (χ3n) is 2.17. The number of ether oxygens (including phenoxy) is 1. The van der Waals surface area contributed by atoms with E-state index in [0.717, 1.165) is 6.07 Å². The first kappa shape index (κ1) is 13.4. The maximum absolute atomic E-state index is 11.6. The van der Waals surface area contributed by atoms with Gasteiger partial charge in [-0.15, -0.1) is 0 Å². The zero-order valence-electron chi connectivity index (χ0n) is 9.84. The van der Waals surface area contributed by atoms with Gasteiger partial charge in [0, 0.05) is 13.1 Å². The summed E-state index contributed by atoms with van der Waals surface area (Å²) in [6.07, 6.45) is -0.902. The summed E-state index contributed by atoms with van der Waals surface area (Å²) in [6, 6.07) is 5.65. The normalized spacial score (nSPS) is 11.2. The molecule has 18 heavy (non-hydrogen) atoms. The van der Waals surface area contributed by atoms with E-state index in [1.54, 1.807) is 6.07 Å². The number of esters is 1. The summed E-state index contributed by atoms with van der Waals surface area (Å²) in [4.78, 5) is 21.8. The number of nitrogens with zero attached hydrogens (tertiary/aromatic N) is 2. The van der Waals surface area contributed by atoms with Crippen LogP contribution in [0.3, 0.4) is 0 Å². The SMILES string of the molecule is CNc1ccc(C(=O)O[C@@H](C)C#N)cc1[N+](=O)[O-]. The summed E-state index contributed by atoms with van der Waals surface area (Å²) in [5.41, 5.74) is 0.101. The molecule has 0 spiro atoms. The lowest BCUT2D eigenvalue weighted by molar-refractivity contribution is -0.384. The number of anilines is 1. The van der Waals surface area contributed by atoms with E-state index >= 15 is 0 Å². The smallest absolute Gasteiger partial charge is 0.339 e. The molecule has 0 unspecified atom stereocenters. The second kappa shape index (κ2) is 5.63. The van der Waals surface area contributed by atoms with Gasteiger partial charge in [-0.1, -0.05) is 0 Å². The topological polar surface area (TPSA) is 105 Å². The highest BCUT2D eigenvalue weighted by Gasteiger charge is 2.18. The Kier molecular flexibility index (Phi) is 4.21. The number of hydrogen-bond acceptors (Lipinski definition) is 6. The van der Waals surface area contributed by atoms with E-state index in [9.17, 15) is 14.9 Å². The van der Waals surface area contributed by atoms with Crippen molar-refractivity contribution in [1.29, 1.82) is 5.26 Å². The molecule has 0 saturated heterocycles. The number of hydrogen-bond donors (Lipinski definition) is 1. The lowest BCUT2D eigenvalue weighted by Gasteiger charge is -2.07. The molecule has 0 bridgehead atoms. The summed E-state index contributed by atoms with van der Waals surface area (Å²) in [5.74, 6) is -0.769. The van der Waals surface area contributed by atoms with Gasteiger partial charge in [0.1, 0.15) is 11.8 Å². The van der Waals surface area contributed by atoms with Crippen LogP contribution in [0.15, 0.2) is 18.2 Å². The summed E-state index contributed by atoms with van der Waals surface area (Å²) in [6.45, 7) is 1.41. The fraction of sp³-hybridized carbons (Fsp3) is 0.273. The molecule has 0 aliphatic rings. The van der Waals surface area contributed by atoms with Gasteiger partial charge in [-0.3, -0.25) is 10.1 Å². The minimum Gasteiger partial charge on any atom is -0.444 e. The van der Waals surface area contributed by atoms with Crippen molar-refractivity contribution in [2.75, 3.05) is 12.4 Å². The molecule has 0 saturated carbocycles. The number of nitro benzene ring substituents is 1. The number of carbonyl (C=O) groups is 1. The fourth-order valence-corrected chi connectivity index (χ4v) is 1.28. The number of benzene rings is 1. The van der Waals surface area contributed by atoms with Gasteiger partial charge in [-0.25, -0.2) is 4.79 Å². The Hall–Kier alpha value is -2.62. The molecule has 0 aliphatic heterocycles. The van der Waals surface area contributed by atoms with E-state index in [-0.39, 0.29) is 11.3 Å². The van der Waals surface area contributed by atoms with Gasteiger partial charge < -0.3 is 10.1 Å². The van der Waals surface area contributed by atoms with E-state index in [4.69, 9.17) is 10.00 Å². The van der Waals surface area contributed by atoms with Crippen LogP contribution in [0.2, 0.25) is 0 Å². The number of rotatable bonds is 4. The molecule has 1 atom stereocenters. The van der Waals surface area contributed by atoms with Crippen molar-refractivity contribution >= 4 is 17.3 Å². The minimum atomic E-state index is -0.902. The van der Waals surface area contributed by atoms with E-state index in [1.807, 2.05) is 0 Å². The zero-order valence-corrected chi connectivity index (χ0v) is 9.84. The number of carbonyl (C=O) groups excluding carboxylic acids is 1. The fourth-order valence-electron chi connectivity index (χ4n) is 1.28. The van der Waals surface area contributed by atoms with Gasteiger partial charge in [0.05, 0.1) is 10.5 Å². The number of nitro groups is 1. The Balaban J connectivity index is 3.05. The van der Waals surface area contributed by atoms with Crippen LogP contribution < -0.4 is 5.32 Å². The van der Waals surface area contributed by atoms with Crippen LogP contribution in [0.5, 0.6) is 0 Å². The van der Waals surface area contributed by atoms with Crippen molar-refractivity contribution in [2.24, 2.45) is 0 Å². The molecule has 0 aromatic heterocycles. The second-order valence-corrected chi connectivity index (χ2v) is 3.42. The summed E-state index contributed by atoms with van der Waals surface area (Å²) < 4.78 is 4.75. The quantitative estimate of drug-likeness (QED) is 0.494. The monoisotopic (exact) mass is 249 g/mol. The lowest BCUT2D eigenvalue weighted by atomic mass is 10.1. The van der Waals surface area contributed by atoms with E-state index in [2.05, 4.69) is 5.32 Å². The van der Waals surface area contributed by atoms with Crippen molar-refractivity contribution in [3.63, 3.8) is 0 Å². The molecule has 1 N–H and O–H groups in total. The molecule has 7 nitrogen and oxygen atoms in total. The Labute approximate surface area is 103 Å². The Morgan fingerprint density at radius 1 is 1.61 bits per heavy atom.